The first-order valence-corrected chi connectivity index (χ1v) is 8.71. The first-order valence-electron chi connectivity index (χ1n) is 8.71. The molecular weight excluding hydrogens is 352 g/mol. The summed E-state index contributed by atoms with van der Waals surface area (Å²) in [7, 11) is 0. The predicted octanol–water partition coefficient (Wildman–Crippen LogP) is 4.05. The average Bonchev–Trinajstić information content (AvgIpc) is 2.67. The van der Waals surface area contributed by atoms with Crippen molar-refractivity contribution in [3.63, 3.8) is 0 Å². The van der Waals surface area contributed by atoms with Gasteiger partial charge >= 0.3 is 0 Å². The van der Waals surface area contributed by atoms with Crippen LogP contribution in [0.4, 0.5) is 14.5 Å². The molecule has 0 aliphatic heterocycles. The summed E-state index contributed by atoms with van der Waals surface area (Å²) in [6, 6.07) is 10.3. The van der Waals surface area contributed by atoms with Crippen LogP contribution in [0.5, 0.6) is 5.75 Å². The summed E-state index contributed by atoms with van der Waals surface area (Å²) in [6.07, 6.45) is 0. The summed E-state index contributed by atoms with van der Waals surface area (Å²) in [6.45, 7) is 6.88. The fourth-order valence-electron chi connectivity index (χ4n) is 2.39. The first kappa shape index (κ1) is 20.4. The van der Waals surface area contributed by atoms with E-state index in [1.807, 2.05) is 13.8 Å². The van der Waals surface area contributed by atoms with Gasteiger partial charge in [0.1, 0.15) is 11.6 Å². The molecule has 0 saturated carbocycles. The van der Waals surface area contributed by atoms with Crippen LogP contribution in [-0.2, 0) is 4.79 Å². The summed E-state index contributed by atoms with van der Waals surface area (Å²) in [5, 5.41) is 4.11. The van der Waals surface area contributed by atoms with Crippen molar-refractivity contribution in [2.75, 3.05) is 25.1 Å². The topological polar surface area (TPSA) is 53.9 Å². The molecule has 2 aromatic carbocycles. The smallest absolute Gasteiger partial charge is 0.260 e. The minimum Gasteiger partial charge on any atom is -0.484 e. The second-order valence-corrected chi connectivity index (χ2v) is 5.81. The molecule has 0 aliphatic rings. The quantitative estimate of drug-likeness (QED) is 0.559. The van der Waals surface area contributed by atoms with Crippen LogP contribution in [-0.4, -0.2) is 36.2 Å². The number of nitrogens with one attached hydrogen (secondary N) is 1. The van der Waals surface area contributed by atoms with Crippen LogP contribution in [0.3, 0.4) is 0 Å². The molecule has 2 rings (SSSR count). The lowest BCUT2D eigenvalue weighted by Crippen LogP contribution is -2.34. The normalized spacial score (nSPS) is 11.2. The molecule has 0 radical (unpaired) electrons. The van der Waals surface area contributed by atoms with Gasteiger partial charge in [-0.05, 0) is 62.7 Å². The number of halogens is 2. The maximum Gasteiger partial charge on any atom is 0.260 e. The molecule has 144 valence electrons. The summed E-state index contributed by atoms with van der Waals surface area (Å²) in [5.41, 5.74) is 4.09. The van der Waals surface area contributed by atoms with E-state index in [2.05, 4.69) is 10.5 Å². The van der Waals surface area contributed by atoms with Gasteiger partial charge in [0.25, 0.3) is 5.91 Å². The van der Waals surface area contributed by atoms with E-state index in [9.17, 15) is 13.6 Å². The van der Waals surface area contributed by atoms with Gasteiger partial charge in [-0.1, -0.05) is 0 Å². The van der Waals surface area contributed by atoms with Gasteiger partial charge in [-0.15, -0.1) is 0 Å². The van der Waals surface area contributed by atoms with E-state index in [0.29, 0.717) is 24.6 Å². The van der Waals surface area contributed by atoms with Crippen LogP contribution in [0.25, 0.3) is 0 Å². The number of likely N-dealkylation sites (N-methyl/N-ethyl adjacent to an activating group) is 1. The van der Waals surface area contributed by atoms with Crippen LogP contribution < -0.4 is 10.2 Å². The monoisotopic (exact) mass is 375 g/mol. The molecule has 0 spiro atoms. The van der Waals surface area contributed by atoms with Gasteiger partial charge in [-0.25, -0.2) is 8.78 Å². The highest BCUT2D eigenvalue weighted by Crippen LogP contribution is 2.16. The van der Waals surface area contributed by atoms with Crippen molar-refractivity contribution in [1.82, 2.24) is 4.90 Å². The fourth-order valence-corrected chi connectivity index (χ4v) is 2.39. The van der Waals surface area contributed by atoms with E-state index >= 15 is 0 Å². The van der Waals surface area contributed by atoms with Crippen molar-refractivity contribution < 1.29 is 18.3 Å². The second-order valence-electron chi connectivity index (χ2n) is 5.81. The lowest BCUT2D eigenvalue weighted by atomic mass is 10.1. The maximum atomic E-state index is 13.6. The van der Waals surface area contributed by atoms with Crippen LogP contribution in [0.15, 0.2) is 47.6 Å². The molecule has 0 unspecified atom stereocenters. The third kappa shape index (κ3) is 5.77. The zero-order chi connectivity index (χ0) is 19.8. The van der Waals surface area contributed by atoms with Crippen LogP contribution in [0.1, 0.15) is 26.3 Å². The fraction of sp³-hybridized carbons (Fsp3) is 0.300. The Morgan fingerprint density at radius 3 is 2.37 bits per heavy atom. The van der Waals surface area contributed by atoms with Crippen molar-refractivity contribution in [3.05, 3.63) is 59.7 Å². The molecule has 0 aromatic heterocycles. The molecule has 1 amide bonds. The van der Waals surface area contributed by atoms with Crippen molar-refractivity contribution in [1.29, 1.82) is 0 Å². The standard InChI is InChI=1S/C20H23F2N3O2/c1-4-25(5-2)20(26)13-27-17-9-6-15(7-10-17)14(3)23-24-19-11-8-16(21)12-18(19)22/h6-12,24H,4-5,13H2,1-3H3/b23-14-. The highest BCUT2D eigenvalue weighted by Gasteiger charge is 2.10. The molecule has 0 heterocycles. The molecule has 2 aromatic rings. The molecule has 27 heavy (non-hydrogen) atoms. The Morgan fingerprint density at radius 1 is 1.11 bits per heavy atom. The number of benzene rings is 2. The summed E-state index contributed by atoms with van der Waals surface area (Å²) in [5.74, 6) is -0.848. The first-order chi connectivity index (χ1) is 12.9. The molecule has 1 N–H and O–H groups in total. The number of carbonyl (C=O) groups is 1. The van der Waals surface area contributed by atoms with Crippen LogP contribution >= 0.6 is 0 Å². The molecule has 0 saturated heterocycles. The second kappa shape index (κ2) is 9.66. The number of ether oxygens (including phenoxy) is 1. The number of amides is 1. The van der Waals surface area contributed by atoms with Crippen LogP contribution in [0, 0.1) is 11.6 Å². The Morgan fingerprint density at radius 2 is 1.78 bits per heavy atom. The average molecular weight is 375 g/mol. The van der Waals surface area contributed by atoms with E-state index in [4.69, 9.17) is 4.74 Å². The van der Waals surface area contributed by atoms with Gasteiger partial charge < -0.3 is 9.64 Å². The summed E-state index contributed by atoms with van der Waals surface area (Å²) in [4.78, 5) is 13.6. The van der Waals surface area contributed by atoms with Gasteiger partial charge in [-0.3, -0.25) is 10.2 Å². The van der Waals surface area contributed by atoms with Gasteiger partial charge in [-0.2, -0.15) is 5.10 Å². The van der Waals surface area contributed by atoms with Crippen molar-refractivity contribution in [2.24, 2.45) is 5.10 Å². The van der Waals surface area contributed by atoms with E-state index in [-0.39, 0.29) is 18.2 Å². The largest absolute Gasteiger partial charge is 0.484 e. The maximum absolute atomic E-state index is 13.6. The van der Waals surface area contributed by atoms with E-state index in [1.165, 1.54) is 6.07 Å². The highest BCUT2D eigenvalue weighted by molar-refractivity contribution is 5.99. The number of hydrogen-bond acceptors (Lipinski definition) is 4. The Bertz CT molecular complexity index is 803. The number of carbonyl (C=O) groups excluding carboxylic acids is 1. The van der Waals surface area contributed by atoms with Gasteiger partial charge in [0.15, 0.2) is 12.4 Å². The lowest BCUT2D eigenvalue weighted by Gasteiger charge is -2.18. The number of anilines is 1. The Labute approximate surface area is 157 Å². The Hall–Kier alpha value is -2.96. The zero-order valence-electron chi connectivity index (χ0n) is 15.6. The number of hydrazone groups is 1. The van der Waals surface area contributed by atoms with Crippen molar-refractivity contribution in [3.8, 4) is 5.75 Å². The summed E-state index contributed by atoms with van der Waals surface area (Å²) < 4.78 is 32.0. The molecule has 7 heteroatoms. The lowest BCUT2D eigenvalue weighted by molar-refractivity contribution is -0.132. The van der Waals surface area contributed by atoms with Gasteiger partial charge in [0, 0.05) is 19.2 Å². The Balaban J connectivity index is 1.96. The van der Waals surface area contributed by atoms with E-state index in [1.54, 1.807) is 36.1 Å². The zero-order valence-corrected chi connectivity index (χ0v) is 15.6. The molecule has 0 fully saturated rings. The predicted molar refractivity (Wildman–Crippen MR) is 102 cm³/mol. The Kier molecular flexibility index (Phi) is 7.28. The molecule has 0 bridgehead atoms. The minimum absolute atomic E-state index is 0.0144. The van der Waals surface area contributed by atoms with Gasteiger partial charge in [0.05, 0.1) is 11.4 Å². The van der Waals surface area contributed by atoms with E-state index < -0.39 is 11.6 Å². The van der Waals surface area contributed by atoms with Crippen LogP contribution in [0.2, 0.25) is 0 Å². The van der Waals surface area contributed by atoms with E-state index in [0.717, 1.165) is 17.7 Å². The van der Waals surface area contributed by atoms with Gasteiger partial charge in [0.2, 0.25) is 0 Å². The highest BCUT2D eigenvalue weighted by atomic mass is 19.1. The summed E-state index contributed by atoms with van der Waals surface area (Å²) >= 11 is 0. The van der Waals surface area contributed by atoms with Crippen molar-refractivity contribution >= 4 is 17.3 Å². The molecular formula is C20H23F2N3O2. The molecule has 0 atom stereocenters. The number of rotatable bonds is 8. The number of nitrogens with zero attached hydrogens (tertiary/aromatic N) is 2. The number of hydrogen-bond donors (Lipinski definition) is 1. The third-order valence-corrected chi connectivity index (χ3v) is 4.03. The van der Waals surface area contributed by atoms with Crippen molar-refractivity contribution in [2.45, 2.75) is 20.8 Å². The molecule has 5 nitrogen and oxygen atoms in total. The third-order valence-electron chi connectivity index (χ3n) is 4.03. The minimum atomic E-state index is -0.715. The molecule has 0 aliphatic carbocycles. The SMILES string of the molecule is CCN(CC)C(=O)COc1ccc(/C(C)=N\Nc2ccc(F)cc2F)cc1.